The van der Waals surface area contributed by atoms with Crippen molar-refractivity contribution in [1.82, 2.24) is 4.90 Å². The Morgan fingerprint density at radius 3 is 2.67 bits per heavy atom. The van der Waals surface area contributed by atoms with Crippen molar-refractivity contribution in [1.29, 1.82) is 0 Å². The van der Waals surface area contributed by atoms with E-state index in [1.165, 1.54) is 16.8 Å². The summed E-state index contributed by atoms with van der Waals surface area (Å²) < 4.78 is 0. The molecule has 1 aliphatic heterocycles. The standard InChI is InChI=1S/C15H24N2O/c1-12-4-5-14(10-13(12)2)17-8-7-16(3)15(11-17)6-9-18/h4-5,10,15,18H,6-9,11H2,1-3H3. The van der Waals surface area contributed by atoms with Gasteiger partial charge in [0.25, 0.3) is 0 Å². The minimum absolute atomic E-state index is 0.274. The fraction of sp³-hybridized carbons (Fsp3) is 0.600. The molecular formula is C15H24N2O. The molecule has 1 atom stereocenters. The van der Waals surface area contributed by atoms with E-state index < -0.39 is 0 Å². The number of rotatable bonds is 3. The van der Waals surface area contributed by atoms with Crippen molar-refractivity contribution in [2.75, 3.05) is 38.2 Å². The van der Waals surface area contributed by atoms with Gasteiger partial charge in [0.05, 0.1) is 0 Å². The Labute approximate surface area is 110 Å². The molecule has 3 heteroatoms. The number of aliphatic hydroxyl groups is 1. The summed E-state index contributed by atoms with van der Waals surface area (Å²) in [5.41, 5.74) is 4.01. The largest absolute Gasteiger partial charge is 0.396 e. The SMILES string of the molecule is Cc1ccc(N2CCN(C)C(CCO)C2)cc1C. The molecule has 0 radical (unpaired) electrons. The van der Waals surface area contributed by atoms with Crippen LogP contribution in [0.2, 0.25) is 0 Å². The third-order valence-electron chi connectivity index (χ3n) is 4.10. The highest BCUT2D eigenvalue weighted by molar-refractivity contribution is 5.51. The van der Waals surface area contributed by atoms with Gasteiger partial charge in [-0.05, 0) is 50.6 Å². The number of likely N-dealkylation sites (N-methyl/N-ethyl adjacent to an activating group) is 1. The maximum atomic E-state index is 9.13. The summed E-state index contributed by atoms with van der Waals surface area (Å²) in [6.07, 6.45) is 0.859. The zero-order valence-corrected chi connectivity index (χ0v) is 11.7. The van der Waals surface area contributed by atoms with Crippen LogP contribution in [-0.2, 0) is 0 Å². The van der Waals surface area contributed by atoms with Gasteiger partial charge in [0.15, 0.2) is 0 Å². The van der Waals surface area contributed by atoms with Crippen molar-refractivity contribution in [3.8, 4) is 0 Å². The molecule has 1 aromatic rings. The van der Waals surface area contributed by atoms with Gasteiger partial charge in [-0.15, -0.1) is 0 Å². The molecule has 3 nitrogen and oxygen atoms in total. The number of aliphatic hydroxyl groups excluding tert-OH is 1. The van der Waals surface area contributed by atoms with Gasteiger partial charge in [-0.2, -0.15) is 0 Å². The van der Waals surface area contributed by atoms with Crippen molar-refractivity contribution >= 4 is 5.69 Å². The van der Waals surface area contributed by atoms with Crippen LogP contribution in [0.1, 0.15) is 17.5 Å². The normalized spacial score (nSPS) is 21.3. The molecule has 0 saturated carbocycles. The Kier molecular flexibility index (Phi) is 4.25. The van der Waals surface area contributed by atoms with Crippen LogP contribution in [0.15, 0.2) is 18.2 Å². The van der Waals surface area contributed by atoms with E-state index in [0.29, 0.717) is 6.04 Å². The zero-order valence-electron chi connectivity index (χ0n) is 11.7. The van der Waals surface area contributed by atoms with Gasteiger partial charge >= 0.3 is 0 Å². The number of hydrogen-bond acceptors (Lipinski definition) is 3. The van der Waals surface area contributed by atoms with Crippen LogP contribution < -0.4 is 4.90 Å². The lowest BCUT2D eigenvalue weighted by molar-refractivity contribution is 0.171. The topological polar surface area (TPSA) is 26.7 Å². The molecule has 1 N–H and O–H groups in total. The average molecular weight is 248 g/mol. The molecule has 1 aromatic carbocycles. The van der Waals surface area contributed by atoms with Crippen LogP contribution in [0.3, 0.4) is 0 Å². The van der Waals surface area contributed by atoms with Crippen LogP contribution in [0.5, 0.6) is 0 Å². The Morgan fingerprint density at radius 1 is 1.22 bits per heavy atom. The van der Waals surface area contributed by atoms with Gasteiger partial charge in [0.2, 0.25) is 0 Å². The average Bonchev–Trinajstić information content (AvgIpc) is 2.36. The molecule has 2 rings (SSSR count). The summed E-state index contributed by atoms with van der Waals surface area (Å²) in [6, 6.07) is 7.15. The Bertz CT molecular complexity index is 405. The zero-order chi connectivity index (χ0) is 13.1. The first-order valence-electron chi connectivity index (χ1n) is 6.75. The molecule has 0 aliphatic carbocycles. The van der Waals surface area contributed by atoms with Crippen molar-refractivity contribution in [3.63, 3.8) is 0 Å². The first-order valence-corrected chi connectivity index (χ1v) is 6.75. The highest BCUT2D eigenvalue weighted by atomic mass is 16.3. The summed E-state index contributed by atoms with van der Waals surface area (Å²) >= 11 is 0. The van der Waals surface area contributed by atoms with Crippen LogP contribution in [0.25, 0.3) is 0 Å². The number of hydrogen-bond donors (Lipinski definition) is 1. The maximum absolute atomic E-state index is 9.13. The molecule has 0 spiro atoms. The second-order valence-electron chi connectivity index (χ2n) is 5.36. The molecule has 1 aliphatic rings. The molecule has 1 fully saturated rings. The quantitative estimate of drug-likeness (QED) is 0.883. The van der Waals surface area contributed by atoms with E-state index in [2.05, 4.69) is 48.9 Å². The lowest BCUT2D eigenvalue weighted by atomic mass is 10.1. The van der Waals surface area contributed by atoms with Crippen LogP contribution in [0.4, 0.5) is 5.69 Å². The molecule has 18 heavy (non-hydrogen) atoms. The fourth-order valence-electron chi connectivity index (χ4n) is 2.56. The third-order valence-corrected chi connectivity index (χ3v) is 4.10. The van der Waals surface area contributed by atoms with Gasteiger partial charge in [-0.1, -0.05) is 6.07 Å². The van der Waals surface area contributed by atoms with Crippen LogP contribution >= 0.6 is 0 Å². The van der Waals surface area contributed by atoms with Gasteiger partial charge in [0.1, 0.15) is 0 Å². The van der Waals surface area contributed by atoms with E-state index in [-0.39, 0.29) is 6.61 Å². The van der Waals surface area contributed by atoms with E-state index in [0.717, 1.165) is 26.1 Å². The minimum Gasteiger partial charge on any atom is -0.396 e. The number of benzene rings is 1. The monoisotopic (exact) mass is 248 g/mol. The predicted octanol–water partition coefficient (Wildman–Crippen LogP) is 1.81. The summed E-state index contributed by atoms with van der Waals surface area (Å²) in [5, 5.41) is 9.13. The lowest BCUT2D eigenvalue weighted by Gasteiger charge is -2.40. The molecule has 100 valence electrons. The minimum atomic E-state index is 0.274. The highest BCUT2D eigenvalue weighted by Crippen LogP contribution is 2.22. The number of piperazine rings is 1. The fourth-order valence-corrected chi connectivity index (χ4v) is 2.56. The summed E-state index contributed by atoms with van der Waals surface area (Å²) in [7, 11) is 2.15. The van der Waals surface area contributed by atoms with Gasteiger partial charge in [0, 0.05) is 38.0 Å². The molecular weight excluding hydrogens is 224 g/mol. The first-order chi connectivity index (χ1) is 8.61. The molecule has 0 bridgehead atoms. The van der Waals surface area contributed by atoms with Gasteiger partial charge in [-0.25, -0.2) is 0 Å². The Balaban J connectivity index is 2.11. The van der Waals surface area contributed by atoms with Crippen molar-refractivity contribution < 1.29 is 5.11 Å². The summed E-state index contributed by atoms with van der Waals surface area (Å²) in [4.78, 5) is 4.79. The van der Waals surface area contributed by atoms with Crippen LogP contribution in [-0.4, -0.2) is 49.3 Å². The maximum Gasteiger partial charge on any atom is 0.0446 e. The predicted molar refractivity (Wildman–Crippen MR) is 76.2 cm³/mol. The molecule has 0 amide bonds. The highest BCUT2D eigenvalue weighted by Gasteiger charge is 2.23. The number of anilines is 1. The van der Waals surface area contributed by atoms with E-state index >= 15 is 0 Å². The summed E-state index contributed by atoms with van der Waals surface area (Å²) in [6.45, 7) is 7.74. The van der Waals surface area contributed by atoms with E-state index in [1.54, 1.807) is 0 Å². The second kappa shape index (κ2) is 5.72. The smallest absolute Gasteiger partial charge is 0.0446 e. The van der Waals surface area contributed by atoms with E-state index in [1.807, 2.05) is 0 Å². The molecule has 0 aromatic heterocycles. The Hall–Kier alpha value is -1.06. The summed E-state index contributed by atoms with van der Waals surface area (Å²) in [5.74, 6) is 0. The van der Waals surface area contributed by atoms with E-state index in [9.17, 15) is 0 Å². The third kappa shape index (κ3) is 2.85. The number of aryl methyl sites for hydroxylation is 2. The van der Waals surface area contributed by atoms with Crippen molar-refractivity contribution in [2.24, 2.45) is 0 Å². The second-order valence-corrected chi connectivity index (χ2v) is 5.36. The number of nitrogens with zero attached hydrogens (tertiary/aromatic N) is 2. The Morgan fingerprint density at radius 2 is 2.00 bits per heavy atom. The van der Waals surface area contributed by atoms with E-state index in [4.69, 9.17) is 5.11 Å². The van der Waals surface area contributed by atoms with Crippen molar-refractivity contribution in [3.05, 3.63) is 29.3 Å². The van der Waals surface area contributed by atoms with Gasteiger partial charge in [-0.3, -0.25) is 4.90 Å². The molecule has 1 heterocycles. The van der Waals surface area contributed by atoms with Crippen LogP contribution in [0, 0.1) is 13.8 Å². The lowest BCUT2D eigenvalue weighted by Crippen LogP contribution is -2.51. The molecule has 1 saturated heterocycles. The molecule has 1 unspecified atom stereocenters. The van der Waals surface area contributed by atoms with Crippen molar-refractivity contribution in [2.45, 2.75) is 26.3 Å². The first kappa shape index (κ1) is 13.4. The van der Waals surface area contributed by atoms with Gasteiger partial charge < -0.3 is 10.0 Å².